The molecule has 2 aromatic heterocycles. The van der Waals surface area contributed by atoms with E-state index >= 15 is 0 Å². The van der Waals surface area contributed by atoms with Crippen LogP contribution in [0.25, 0.3) is 16.7 Å². The average molecular weight is 442 g/mol. The topological polar surface area (TPSA) is 102 Å². The van der Waals surface area contributed by atoms with Crippen molar-refractivity contribution in [2.45, 2.75) is 25.0 Å². The number of nitriles is 2. The third-order valence-corrected chi connectivity index (χ3v) is 7.60. The number of para-hydroxylation sites is 2. The first kappa shape index (κ1) is 20.5. The number of nitrogens with zero attached hydrogens (tertiary/aromatic N) is 5. The van der Waals surface area contributed by atoms with E-state index in [-0.39, 0.29) is 29.8 Å². The van der Waals surface area contributed by atoms with E-state index in [1.807, 2.05) is 28.7 Å². The van der Waals surface area contributed by atoms with E-state index < -0.39 is 9.84 Å². The fourth-order valence-electron chi connectivity index (χ4n) is 4.61. The fraction of sp³-hybridized carbons (Fsp3) is 0.381. The van der Waals surface area contributed by atoms with Crippen molar-refractivity contribution < 1.29 is 8.42 Å². The van der Waals surface area contributed by atoms with Crippen LogP contribution < -0.4 is 4.90 Å². The van der Waals surface area contributed by atoms with Crippen molar-refractivity contribution in [3.8, 4) is 12.1 Å². The van der Waals surface area contributed by atoms with E-state index in [9.17, 15) is 18.9 Å². The largest absolute Gasteiger partial charge is 0.357 e. The number of aromatic nitrogens is 2. The molecule has 2 aliphatic heterocycles. The lowest BCUT2D eigenvalue weighted by Crippen LogP contribution is -2.36. The van der Waals surface area contributed by atoms with Crippen molar-refractivity contribution in [1.82, 2.24) is 9.38 Å². The van der Waals surface area contributed by atoms with Crippen LogP contribution in [0.5, 0.6) is 0 Å². The van der Waals surface area contributed by atoms with Crippen LogP contribution in [0, 0.1) is 28.6 Å². The van der Waals surface area contributed by atoms with Gasteiger partial charge in [0.15, 0.2) is 15.5 Å². The van der Waals surface area contributed by atoms with Gasteiger partial charge in [-0.1, -0.05) is 12.1 Å². The molecule has 4 heterocycles. The van der Waals surface area contributed by atoms with Gasteiger partial charge >= 0.3 is 0 Å². The predicted octanol–water partition coefficient (Wildman–Crippen LogP) is 2.99. The first-order chi connectivity index (χ1) is 14.0. The van der Waals surface area contributed by atoms with Crippen LogP contribution in [-0.2, 0) is 22.0 Å². The molecule has 1 fully saturated rings. The molecule has 154 valence electrons. The van der Waals surface area contributed by atoms with Gasteiger partial charge in [-0.3, -0.25) is 4.40 Å². The minimum absolute atomic E-state index is 0. The molecule has 7 nitrogen and oxygen atoms in total. The summed E-state index contributed by atoms with van der Waals surface area (Å²) in [7, 11) is -3.22. The Balaban J connectivity index is 0.00000218. The van der Waals surface area contributed by atoms with Crippen molar-refractivity contribution in [2.24, 2.45) is 5.92 Å². The zero-order valence-corrected chi connectivity index (χ0v) is 17.8. The van der Waals surface area contributed by atoms with E-state index in [0.717, 1.165) is 40.8 Å². The highest BCUT2D eigenvalue weighted by atomic mass is 35.5. The average Bonchev–Trinajstić information content (AvgIpc) is 3.10. The number of sulfone groups is 1. The summed E-state index contributed by atoms with van der Waals surface area (Å²) in [5.74, 6) is 0.843. The Bertz CT molecular complexity index is 1340. The summed E-state index contributed by atoms with van der Waals surface area (Å²) >= 11 is 0. The van der Waals surface area contributed by atoms with E-state index in [1.54, 1.807) is 0 Å². The molecule has 0 unspecified atom stereocenters. The normalized spacial score (nSPS) is 18.4. The zero-order chi connectivity index (χ0) is 20.2. The second-order valence-corrected chi connectivity index (χ2v) is 9.94. The van der Waals surface area contributed by atoms with Crippen molar-refractivity contribution in [3.63, 3.8) is 0 Å². The molecule has 5 rings (SSSR count). The number of fused-ring (bicyclic) bond motifs is 4. The van der Waals surface area contributed by atoms with Crippen LogP contribution in [0.1, 0.15) is 29.5 Å². The van der Waals surface area contributed by atoms with E-state index in [0.29, 0.717) is 30.7 Å². The van der Waals surface area contributed by atoms with Crippen molar-refractivity contribution >= 4 is 44.7 Å². The Kier molecular flexibility index (Phi) is 5.09. The number of imidazole rings is 1. The summed E-state index contributed by atoms with van der Waals surface area (Å²) in [4.78, 5) is 6.91. The number of hydrogen-bond donors (Lipinski definition) is 0. The van der Waals surface area contributed by atoms with E-state index in [1.165, 1.54) is 0 Å². The molecule has 0 N–H and O–H groups in total. The van der Waals surface area contributed by atoms with Crippen LogP contribution >= 0.6 is 12.4 Å². The highest BCUT2D eigenvalue weighted by molar-refractivity contribution is 7.90. The Labute approximate surface area is 180 Å². The molecule has 1 saturated heterocycles. The highest BCUT2D eigenvalue weighted by Gasteiger charge is 2.33. The zero-order valence-electron chi connectivity index (χ0n) is 16.2. The summed E-state index contributed by atoms with van der Waals surface area (Å²) < 4.78 is 27.0. The van der Waals surface area contributed by atoms with Gasteiger partial charge in [0.2, 0.25) is 0 Å². The first-order valence-corrected chi connectivity index (χ1v) is 11.5. The lowest BCUT2D eigenvalue weighted by atomic mass is 9.96. The van der Waals surface area contributed by atoms with Gasteiger partial charge in [0.1, 0.15) is 11.9 Å². The van der Waals surface area contributed by atoms with Gasteiger partial charge in [-0.25, -0.2) is 13.4 Å². The number of anilines is 1. The second-order valence-electron chi connectivity index (χ2n) is 7.76. The summed E-state index contributed by atoms with van der Waals surface area (Å²) in [6.45, 7) is 1.36. The van der Waals surface area contributed by atoms with Gasteiger partial charge in [0.05, 0.1) is 34.2 Å². The number of pyridine rings is 1. The maximum atomic E-state index is 12.5. The predicted molar refractivity (Wildman–Crippen MR) is 116 cm³/mol. The quantitative estimate of drug-likeness (QED) is 0.575. The molecule has 0 bridgehead atoms. The maximum Gasteiger partial charge on any atom is 0.157 e. The minimum Gasteiger partial charge on any atom is -0.357 e. The smallest absolute Gasteiger partial charge is 0.157 e. The second kappa shape index (κ2) is 7.46. The third-order valence-electron chi connectivity index (χ3n) is 6.05. The fourth-order valence-corrected chi connectivity index (χ4v) is 6.01. The Morgan fingerprint density at radius 1 is 1.10 bits per heavy atom. The van der Waals surface area contributed by atoms with Crippen molar-refractivity contribution in [1.29, 1.82) is 10.5 Å². The molecular formula is C21H20ClN5O2S. The lowest BCUT2D eigenvalue weighted by molar-refractivity contribution is 0.483. The molecule has 0 atom stereocenters. The molecule has 0 aliphatic carbocycles. The summed E-state index contributed by atoms with van der Waals surface area (Å²) in [6.07, 6.45) is 1.82. The Hall–Kier alpha value is -2.81. The molecule has 9 heteroatoms. The van der Waals surface area contributed by atoms with Crippen LogP contribution in [0.4, 0.5) is 5.82 Å². The molecule has 0 spiro atoms. The van der Waals surface area contributed by atoms with E-state index in [4.69, 9.17) is 4.98 Å². The monoisotopic (exact) mass is 441 g/mol. The third kappa shape index (κ3) is 3.08. The number of hydrogen-bond acceptors (Lipinski definition) is 6. The van der Waals surface area contributed by atoms with E-state index in [2.05, 4.69) is 17.0 Å². The Morgan fingerprint density at radius 3 is 2.53 bits per heavy atom. The number of rotatable bonds is 1. The molecule has 0 amide bonds. The molecular weight excluding hydrogens is 422 g/mol. The van der Waals surface area contributed by atoms with Crippen LogP contribution in [0.2, 0.25) is 0 Å². The molecule has 1 aromatic carbocycles. The maximum absolute atomic E-state index is 12.5. The number of benzene rings is 1. The lowest BCUT2D eigenvalue weighted by Gasteiger charge is -2.35. The van der Waals surface area contributed by atoms with Crippen molar-refractivity contribution in [3.05, 3.63) is 41.0 Å². The molecule has 0 saturated carbocycles. The summed E-state index contributed by atoms with van der Waals surface area (Å²) in [5, 5.41) is 19.2. The van der Waals surface area contributed by atoms with Crippen LogP contribution in [0.15, 0.2) is 24.3 Å². The number of piperidine rings is 1. The van der Waals surface area contributed by atoms with Gasteiger partial charge in [0, 0.05) is 24.6 Å². The van der Waals surface area contributed by atoms with Gasteiger partial charge in [-0.15, -0.1) is 12.4 Å². The first-order valence-electron chi connectivity index (χ1n) is 9.72. The van der Waals surface area contributed by atoms with Crippen LogP contribution in [-0.4, -0.2) is 36.6 Å². The Morgan fingerprint density at radius 2 is 1.83 bits per heavy atom. The summed E-state index contributed by atoms with van der Waals surface area (Å²) in [5.41, 5.74) is 4.23. The van der Waals surface area contributed by atoms with Gasteiger partial charge in [-0.05, 0) is 37.0 Å². The SMILES string of the molecule is Cl.N#Cc1c2c(c(N3CCC(C#N)CC3)n3c1nc1ccccc13)CS(=O)(=O)CC2. The highest BCUT2D eigenvalue weighted by Crippen LogP contribution is 2.38. The molecule has 0 radical (unpaired) electrons. The van der Waals surface area contributed by atoms with Crippen molar-refractivity contribution in [2.75, 3.05) is 23.7 Å². The molecule has 2 aliphatic rings. The van der Waals surface area contributed by atoms with Gasteiger partial charge in [0.25, 0.3) is 0 Å². The van der Waals surface area contributed by atoms with Crippen LogP contribution in [0.3, 0.4) is 0 Å². The minimum atomic E-state index is -3.22. The standard InChI is InChI=1S/C21H19N5O2S.ClH/c22-11-14-5-8-25(9-6-14)21-17-13-29(27,28)10-7-15(17)16(12-23)20-24-18-3-1-2-4-19(18)26(20)21;/h1-4,14H,5-10,13H2;1H. The summed E-state index contributed by atoms with van der Waals surface area (Å²) in [6, 6.07) is 12.3. The van der Waals surface area contributed by atoms with Gasteiger partial charge < -0.3 is 4.90 Å². The number of halogens is 1. The molecule has 3 aromatic rings. The van der Waals surface area contributed by atoms with Gasteiger partial charge in [-0.2, -0.15) is 10.5 Å². The molecule has 30 heavy (non-hydrogen) atoms.